The first-order valence-corrected chi connectivity index (χ1v) is 14.4. The van der Waals surface area contributed by atoms with Crippen LogP contribution in [0.4, 0.5) is 11.8 Å². The van der Waals surface area contributed by atoms with Crippen LogP contribution in [0.25, 0.3) is 0 Å². The van der Waals surface area contributed by atoms with Gasteiger partial charge < -0.3 is 29.4 Å². The summed E-state index contributed by atoms with van der Waals surface area (Å²) in [6, 6.07) is 0.0609. The molecule has 2 N–H and O–H groups in total. The number of hydrogen-bond acceptors (Lipinski definition) is 9. The normalized spacial score (nSPS) is 20.2. The lowest BCUT2D eigenvalue weighted by molar-refractivity contribution is 0.0903. The van der Waals surface area contributed by atoms with E-state index in [0.717, 1.165) is 40.5 Å². The van der Waals surface area contributed by atoms with Gasteiger partial charge in [-0.1, -0.05) is 0 Å². The number of nitrogens with one attached hydrogen (secondary N) is 2. The fourth-order valence-electron chi connectivity index (χ4n) is 5.38. The van der Waals surface area contributed by atoms with Crippen LogP contribution in [0, 0.1) is 6.92 Å². The molecule has 2 unspecified atom stereocenters. The van der Waals surface area contributed by atoms with Crippen molar-refractivity contribution < 1.29 is 14.1 Å². The van der Waals surface area contributed by atoms with Crippen LogP contribution >= 0.6 is 0 Å². The molecule has 13 heteroatoms. The van der Waals surface area contributed by atoms with Gasteiger partial charge in [0.2, 0.25) is 10.8 Å². The molecule has 202 valence electrons. The molecule has 1 saturated heterocycles. The summed E-state index contributed by atoms with van der Waals surface area (Å²) in [6.45, 7) is 7.16. The molecular formula is C25H33N9O3S. The Bertz CT molecular complexity index is 1350. The second kappa shape index (κ2) is 10.2. The Morgan fingerprint density at radius 3 is 2.79 bits per heavy atom. The van der Waals surface area contributed by atoms with E-state index in [4.69, 9.17) is 14.7 Å². The molecule has 12 nitrogen and oxygen atoms in total. The average Bonchev–Trinajstić information content (AvgIpc) is 3.60. The van der Waals surface area contributed by atoms with E-state index in [1.165, 1.54) is 0 Å². The van der Waals surface area contributed by atoms with E-state index in [1.807, 2.05) is 37.9 Å². The largest absolute Gasteiger partial charge is 0.611 e. The number of aromatic nitrogens is 6. The smallest absolute Gasteiger partial charge is 0.271 e. The molecule has 1 amide bonds. The van der Waals surface area contributed by atoms with Gasteiger partial charge in [-0.25, -0.2) is 9.97 Å². The maximum Gasteiger partial charge on any atom is 0.271 e. The SMILES string of the molecule is Cc1nn(C)cc1C(C)NC(=O)c1cn2c(n1)CN(c1nc3c(c(NC4CCOCC4)n1)[S+]([O-])CC3)CC2. The van der Waals surface area contributed by atoms with Gasteiger partial charge in [0.05, 0.1) is 18.3 Å². The topological polar surface area (TPSA) is 138 Å². The molecular weight excluding hydrogens is 506 g/mol. The molecule has 0 aromatic carbocycles. The van der Waals surface area contributed by atoms with E-state index in [2.05, 4.69) is 25.6 Å². The van der Waals surface area contributed by atoms with Crippen LogP contribution < -0.4 is 15.5 Å². The Hall–Kier alpha value is -3.16. The monoisotopic (exact) mass is 539 g/mol. The minimum absolute atomic E-state index is 0.182. The molecule has 3 aliphatic rings. The average molecular weight is 540 g/mol. The summed E-state index contributed by atoms with van der Waals surface area (Å²) in [6.07, 6.45) is 6.21. The summed E-state index contributed by atoms with van der Waals surface area (Å²) >= 11 is -1.09. The van der Waals surface area contributed by atoms with Crippen molar-refractivity contribution in [3.8, 4) is 0 Å². The number of ether oxygens (including phenoxy) is 1. The lowest BCUT2D eigenvalue weighted by Gasteiger charge is -2.29. The molecule has 0 saturated carbocycles. The zero-order valence-electron chi connectivity index (χ0n) is 21.9. The van der Waals surface area contributed by atoms with Gasteiger partial charge in [0.25, 0.3) is 5.91 Å². The lowest BCUT2D eigenvalue weighted by Crippen LogP contribution is -2.35. The van der Waals surface area contributed by atoms with E-state index in [1.54, 1.807) is 4.68 Å². The van der Waals surface area contributed by atoms with Gasteiger partial charge in [-0.2, -0.15) is 10.1 Å². The van der Waals surface area contributed by atoms with Crippen molar-refractivity contribution in [1.82, 2.24) is 34.6 Å². The Kier molecular flexibility index (Phi) is 6.74. The highest BCUT2D eigenvalue weighted by Crippen LogP contribution is 2.34. The number of anilines is 2. The Morgan fingerprint density at radius 2 is 2.03 bits per heavy atom. The third-order valence-electron chi connectivity index (χ3n) is 7.42. The zero-order valence-corrected chi connectivity index (χ0v) is 22.8. The minimum Gasteiger partial charge on any atom is -0.611 e. The maximum atomic E-state index is 13.0. The predicted octanol–water partition coefficient (Wildman–Crippen LogP) is 1.48. The van der Waals surface area contributed by atoms with Crippen LogP contribution in [-0.2, 0) is 42.5 Å². The summed E-state index contributed by atoms with van der Waals surface area (Å²) in [4.78, 5) is 30.2. The van der Waals surface area contributed by atoms with Crippen LogP contribution in [0.1, 0.15) is 59.1 Å². The summed E-state index contributed by atoms with van der Waals surface area (Å²) in [5, 5.41) is 10.9. The molecule has 6 rings (SSSR count). The predicted molar refractivity (Wildman–Crippen MR) is 142 cm³/mol. The number of carbonyl (C=O) groups excluding carboxylic acids is 1. The molecule has 3 aromatic heterocycles. The summed E-state index contributed by atoms with van der Waals surface area (Å²) in [5.41, 5.74) is 3.12. The highest BCUT2D eigenvalue weighted by atomic mass is 32.2. The first-order chi connectivity index (χ1) is 18.4. The molecule has 0 radical (unpaired) electrons. The zero-order chi connectivity index (χ0) is 26.4. The molecule has 0 bridgehead atoms. The van der Waals surface area contributed by atoms with Gasteiger partial charge in [-0.15, -0.1) is 0 Å². The first kappa shape index (κ1) is 25.1. The lowest BCUT2D eigenvalue weighted by atomic mass is 10.1. The van der Waals surface area contributed by atoms with Crippen molar-refractivity contribution in [1.29, 1.82) is 0 Å². The number of carbonyl (C=O) groups is 1. The standard InChI is InChI=1S/C25H33N9O3S/c1-15(18-12-32(3)31-16(18)2)26-24(35)20-13-33-7-8-34(14-21(33)28-20)25-29-19-6-11-38(36)22(19)23(30-25)27-17-4-9-37-10-5-17/h12-13,15,17H,4-11,14H2,1-3H3,(H,26,35)(H,27,29,30). The van der Waals surface area contributed by atoms with Crippen LogP contribution in [-0.4, -0.2) is 71.3 Å². The highest BCUT2D eigenvalue weighted by molar-refractivity contribution is 7.91. The molecule has 3 aromatic rings. The minimum atomic E-state index is -1.09. The van der Waals surface area contributed by atoms with E-state index < -0.39 is 11.2 Å². The second-order valence-electron chi connectivity index (χ2n) is 10.2. The molecule has 6 heterocycles. The molecule has 1 fully saturated rings. The van der Waals surface area contributed by atoms with E-state index in [9.17, 15) is 9.35 Å². The quantitative estimate of drug-likeness (QED) is 0.446. The number of fused-ring (bicyclic) bond motifs is 2. The Labute approximate surface area is 224 Å². The van der Waals surface area contributed by atoms with Gasteiger partial charge >= 0.3 is 0 Å². The Balaban J connectivity index is 1.19. The number of nitrogens with zero attached hydrogens (tertiary/aromatic N) is 7. The molecule has 0 spiro atoms. The van der Waals surface area contributed by atoms with Gasteiger partial charge in [-0.05, 0) is 37.9 Å². The van der Waals surface area contributed by atoms with Crippen LogP contribution in [0.3, 0.4) is 0 Å². The Morgan fingerprint density at radius 1 is 1.21 bits per heavy atom. The highest BCUT2D eigenvalue weighted by Gasteiger charge is 2.34. The summed E-state index contributed by atoms with van der Waals surface area (Å²) in [7, 11) is 1.87. The number of imidazole rings is 1. The van der Waals surface area contributed by atoms with Crippen molar-refractivity contribution in [2.75, 3.05) is 35.7 Å². The maximum absolute atomic E-state index is 13.0. The third-order valence-corrected chi connectivity index (χ3v) is 8.88. The van der Waals surface area contributed by atoms with Gasteiger partial charge in [0.1, 0.15) is 23.0 Å². The van der Waals surface area contributed by atoms with Crippen LogP contribution in [0.15, 0.2) is 17.3 Å². The first-order valence-electron chi connectivity index (χ1n) is 13.1. The summed E-state index contributed by atoms with van der Waals surface area (Å²) < 4.78 is 22.0. The van der Waals surface area contributed by atoms with Crippen molar-refractivity contribution in [3.05, 3.63) is 40.9 Å². The van der Waals surface area contributed by atoms with E-state index in [-0.39, 0.29) is 18.0 Å². The van der Waals surface area contributed by atoms with E-state index in [0.29, 0.717) is 62.5 Å². The number of amides is 1. The molecule has 3 aliphatic heterocycles. The molecule has 0 aliphatic carbocycles. The van der Waals surface area contributed by atoms with E-state index >= 15 is 0 Å². The second-order valence-corrected chi connectivity index (χ2v) is 11.7. The van der Waals surface area contributed by atoms with Crippen molar-refractivity contribution >= 4 is 28.8 Å². The number of aryl methyl sites for hydroxylation is 3. The molecule has 38 heavy (non-hydrogen) atoms. The number of hydrogen-bond donors (Lipinski definition) is 2. The fourth-order valence-corrected chi connectivity index (χ4v) is 6.70. The van der Waals surface area contributed by atoms with Gasteiger partial charge in [0, 0.05) is 63.8 Å². The van der Waals surface area contributed by atoms with Crippen molar-refractivity contribution in [3.63, 3.8) is 0 Å². The third kappa shape index (κ3) is 4.85. The van der Waals surface area contributed by atoms with Gasteiger partial charge in [0.15, 0.2) is 5.82 Å². The van der Waals surface area contributed by atoms with Crippen molar-refractivity contribution in [2.24, 2.45) is 7.05 Å². The van der Waals surface area contributed by atoms with Crippen molar-refractivity contribution in [2.45, 2.75) is 63.2 Å². The summed E-state index contributed by atoms with van der Waals surface area (Å²) in [5.74, 6) is 2.45. The van der Waals surface area contributed by atoms with Crippen LogP contribution in [0.5, 0.6) is 0 Å². The fraction of sp³-hybridized carbons (Fsp3) is 0.560. The van der Waals surface area contributed by atoms with Gasteiger partial charge in [-0.3, -0.25) is 9.48 Å². The molecule has 2 atom stereocenters. The van der Waals surface area contributed by atoms with Crippen LogP contribution in [0.2, 0.25) is 0 Å². The number of rotatable bonds is 6.